The third-order valence-electron chi connectivity index (χ3n) is 2.67. The quantitative estimate of drug-likeness (QED) is 0.701. The Kier molecular flexibility index (Phi) is 2.82. The average Bonchev–Trinajstić information content (AvgIpc) is 2.93. The molecule has 2 aromatic heterocycles. The van der Waals surface area contributed by atoms with Crippen LogP contribution in [0.1, 0.15) is 0 Å². The van der Waals surface area contributed by atoms with E-state index in [0.29, 0.717) is 5.02 Å². The Labute approximate surface area is 110 Å². The van der Waals surface area contributed by atoms with Gasteiger partial charge in [0.05, 0.1) is 5.02 Å². The number of halogens is 1. The van der Waals surface area contributed by atoms with Crippen LogP contribution in [0, 0.1) is 0 Å². The molecule has 0 atom stereocenters. The second-order valence-electron chi connectivity index (χ2n) is 3.86. The third-order valence-corrected chi connectivity index (χ3v) is 2.87. The van der Waals surface area contributed by atoms with E-state index in [-0.39, 0.29) is 0 Å². The van der Waals surface area contributed by atoms with E-state index in [1.165, 1.54) is 0 Å². The van der Waals surface area contributed by atoms with Crippen molar-refractivity contribution in [1.29, 1.82) is 0 Å². The fourth-order valence-electron chi connectivity index (χ4n) is 1.85. The predicted octanol–water partition coefficient (Wildman–Crippen LogP) is 3.59. The average molecular weight is 256 g/mol. The molecule has 0 amide bonds. The van der Waals surface area contributed by atoms with E-state index in [9.17, 15) is 0 Å². The van der Waals surface area contributed by atoms with Gasteiger partial charge in [-0.3, -0.25) is 4.57 Å². The van der Waals surface area contributed by atoms with Gasteiger partial charge in [-0.05, 0) is 11.6 Å². The Hall–Kier alpha value is -2.13. The molecule has 0 bridgehead atoms. The molecule has 0 saturated heterocycles. The van der Waals surface area contributed by atoms with E-state index in [1.807, 2.05) is 47.2 Å². The minimum Gasteiger partial charge on any atom is -0.290 e. The van der Waals surface area contributed by atoms with Crippen molar-refractivity contribution in [3.63, 3.8) is 0 Å². The Balaban J connectivity index is 2.22. The molecule has 2 heterocycles. The van der Waals surface area contributed by atoms with Crippen LogP contribution in [0.4, 0.5) is 0 Å². The molecule has 0 aliphatic heterocycles. The number of pyridine rings is 1. The lowest BCUT2D eigenvalue weighted by molar-refractivity contribution is 0.996. The van der Waals surface area contributed by atoms with E-state index in [4.69, 9.17) is 11.6 Å². The SMILES string of the molecule is Clc1cnc(-n2ccnc2)c(-c2ccccc2)c1. The van der Waals surface area contributed by atoms with Gasteiger partial charge in [-0.15, -0.1) is 0 Å². The summed E-state index contributed by atoms with van der Waals surface area (Å²) in [4.78, 5) is 8.43. The van der Waals surface area contributed by atoms with Crippen LogP contribution >= 0.6 is 11.6 Å². The maximum absolute atomic E-state index is 6.04. The highest BCUT2D eigenvalue weighted by molar-refractivity contribution is 6.30. The van der Waals surface area contributed by atoms with Gasteiger partial charge in [0.2, 0.25) is 0 Å². The molecule has 18 heavy (non-hydrogen) atoms. The van der Waals surface area contributed by atoms with Crippen molar-refractivity contribution in [2.45, 2.75) is 0 Å². The molecule has 0 radical (unpaired) electrons. The summed E-state index contributed by atoms with van der Waals surface area (Å²) in [6.45, 7) is 0. The minimum absolute atomic E-state index is 0.623. The van der Waals surface area contributed by atoms with Crippen LogP contribution in [-0.4, -0.2) is 14.5 Å². The van der Waals surface area contributed by atoms with E-state index < -0.39 is 0 Å². The molecule has 0 saturated carbocycles. The topological polar surface area (TPSA) is 30.7 Å². The van der Waals surface area contributed by atoms with Crippen LogP contribution in [0.25, 0.3) is 16.9 Å². The molecular weight excluding hydrogens is 246 g/mol. The number of aromatic nitrogens is 3. The second-order valence-corrected chi connectivity index (χ2v) is 4.30. The van der Waals surface area contributed by atoms with E-state index in [0.717, 1.165) is 16.9 Å². The fourth-order valence-corrected chi connectivity index (χ4v) is 2.01. The lowest BCUT2D eigenvalue weighted by Gasteiger charge is -2.09. The Morgan fingerprint density at radius 1 is 1.11 bits per heavy atom. The Morgan fingerprint density at radius 2 is 1.94 bits per heavy atom. The van der Waals surface area contributed by atoms with Crippen molar-refractivity contribution in [3.05, 3.63) is 66.3 Å². The van der Waals surface area contributed by atoms with Crippen LogP contribution in [0.5, 0.6) is 0 Å². The first-order chi connectivity index (χ1) is 8.84. The molecule has 0 aliphatic rings. The zero-order valence-electron chi connectivity index (χ0n) is 9.49. The van der Waals surface area contributed by atoms with Crippen molar-refractivity contribution >= 4 is 11.6 Å². The molecule has 3 rings (SSSR count). The molecule has 0 N–H and O–H groups in total. The van der Waals surface area contributed by atoms with Gasteiger partial charge >= 0.3 is 0 Å². The van der Waals surface area contributed by atoms with Crippen molar-refractivity contribution in [2.75, 3.05) is 0 Å². The largest absolute Gasteiger partial charge is 0.290 e. The summed E-state index contributed by atoms with van der Waals surface area (Å²) >= 11 is 6.04. The molecule has 1 aromatic carbocycles. The molecular formula is C14H10ClN3. The number of hydrogen-bond donors (Lipinski definition) is 0. The van der Waals surface area contributed by atoms with Gasteiger partial charge in [0.15, 0.2) is 0 Å². The van der Waals surface area contributed by atoms with Crippen molar-refractivity contribution in [1.82, 2.24) is 14.5 Å². The first-order valence-corrected chi connectivity index (χ1v) is 5.92. The summed E-state index contributed by atoms with van der Waals surface area (Å²) < 4.78 is 1.87. The predicted molar refractivity (Wildman–Crippen MR) is 71.8 cm³/mol. The van der Waals surface area contributed by atoms with Crippen LogP contribution in [0.2, 0.25) is 5.02 Å². The summed E-state index contributed by atoms with van der Waals surface area (Å²) in [5, 5.41) is 0.623. The number of benzene rings is 1. The van der Waals surface area contributed by atoms with Crippen LogP contribution < -0.4 is 0 Å². The third kappa shape index (κ3) is 2.00. The minimum atomic E-state index is 0.623. The number of nitrogens with zero attached hydrogens (tertiary/aromatic N) is 3. The smallest absolute Gasteiger partial charge is 0.145 e. The summed E-state index contributed by atoms with van der Waals surface area (Å²) in [6, 6.07) is 12.0. The van der Waals surface area contributed by atoms with Gasteiger partial charge in [-0.25, -0.2) is 9.97 Å². The Morgan fingerprint density at radius 3 is 2.67 bits per heavy atom. The van der Waals surface area contributed by atoms with Gasteiger partial charge in [0, 0.05) is 24.2 Å². The van der Waals surface area contributed by atoms with Gasteiger partial charge in [0.1, 0.15) is 12.1 Å². The molecule has 3 nitrogen and oxygen atoms in total. The second kappa shape index (κ2) is 4.63. The maximum atomic E-state index is 6.04. The lowest BCUT2D eigenvalue weighted by Crippen LogP contribution is -1.97. The van der Waals surface area contributed by atoms with Crippen LogP contribution in [-0.2, 0) is 0 Å². The standard InChI is InChI=1S/C14H10ClN3/c15-12-8-13(11-4-2-1-3-5-11)14(17-9-12)18-7-6-16-10-18/h1-10H. The monoisotopic (exact) mass is 255 g/mol. The van der Waals surface area contributed by atoms with Gasteiger partial charge in [0.25, 0.3) is 0 Å². The van der Waals surface area contributed by atoms with Crippen molar-refractivity contribution in [2.24, 2.45) is 0 Å². The molecule has 88 valence electrons. The summed E-state index contributed by atoms with van der Waals surface area (Å²) in [7, 11) is 0. The van der Waals surface area contributed by atoms with E-state index >= 15 is 0 Å². The first-order valence-electron chi connectivity index (χ1n) is 5.54. The number of rotatable bonds is 2. The lowest BCUT2D eigenvalue weighted by atomic mass is 10.1. The molecule has 0 unspecified atom stereocenters. The number of imidazole rings is 1. The van der Waals surface area contributed by atoms with Gasteiger partial charge in [-0.2, -0.15) is 0 Å². The van der Waals surface area contributed by atoms with Crippen molar-refractivity contribution < 1.29 is 0 Å². The van der Waals surface area contributed by atoms with E-state index in [1.54, 1.807) is 18.7 Å². The molecule has 0 spiro atoms. The highest BCUT2D eigenvalue weighted by atomic mass is 35.5. The maximum Gasteiger partial charge on any atom is 0.145 e. The normalized spacial score (nSPS) is 10.5. The molecule has 0 fully saturated rings. The van der Waals surface area contributed by atoms with Gasteiger partial charge in [-0.1, -0.05) is 41.9 Å². The summed E-state index contributed by atoms with van der Waals surface area (Å²) in [5.74, 6) is 0.822. The molecule has 4 heteroatoms. The molecule has 0 aliphatic carbocycles. The highest BCUT2D eigenvalue weighted by Crippen LogP contribution is 2.27. The summed E-state index contributed by atoms with van der Waals surface area (Å²) in [6.07, 6.45) is 6.96. The van der Waals surface area contributed by atoms with Gasteiger partial charge < -0.3 is 0 Å². The first kappa shape index (κ1) is 11.0. The zero-order chi connectivity index (χ0) is 12.4. The Bertz CT molecular complexity index is 648. The summed E-state index contributed by atoms with van der Waals surface area (Å²) in [5.41, 5.74) is 2.07. The van der Waals surface area contributed by atoms with E-state index in [2.05, 4.69) is 9.97 Å². The highest BCUT2D eigenvalue weighted by Gasteiger charge is 2.08. The van der Waals surface area contributed by atoms with Crippen molar-refractivity contribution in [3.8, 4) is 16.9 Å². The van der Waals surface area contributed by atoms with Crippen LogP contribution in [0.3, 0.4) is 0 Å². The fraction of sp³-hybridized carbons (Fsp3) is 0. The van der Waals surface area contributed by atoms with Crippen LogP contribution in [0.15, 0.2) is 61.3 Å². The number of hydrogen-bond acceptors (Lipinski definition) is 2. The zero-order valence-corrected chi connectivity index (χ0v) is 10.2. The molecule has 3 aromatic rings.